The van der Waals surface area contributed by atoms with Crippen molar-refractivity contribution in [2.45, 2.75) is 59.4 Å². The highest BCUT2D eigenvalue weighted by molar-refractivity contribution is 6.75. The van der Waals surface area contributed by atoms with Crippen molar-refractivity contribution >= 4 is 126 Å². The Hall–Kier alpha value is -3.71. The first-order chi connectivity index (χ1) is 29.6. The van der Waals surface area contributed by atoms with Gasteiger partial charge in [-0.05, 0) is 72.4 Å². The average Bonchev–Trinajstić information content (AvgIpc) is 3.23. The average molecular weight is 987 g/mol. The van der Waals surface area contributed by atoms with E-state index in [1.165, 1.54) is 54.6 Å². The van der Waals surface area contributed by atoms with Crippen LogP contribution < -0.4 is 31.9 Å². The van der Waals surface area contributed by atoms with Gasteiger partial charge in [0.25, 0.3) is 17.7 Å². The summed E-state index contributed by atoms with van der Waals surface area (Å²) in [5.41, 5.74) is 0.218. The van der Waals surface area contributed by atoms with E-state index in [0.717, 1.165) is 0 Å². The molecule has 63 heavy (non-hydrogen) atoms. The molecule has 1 aliphatic heterocycles. The highest BCUT2D eigenvalue weighted by Gasteiger charge is 2.53. The number of carbonyl (C=O) groups is 6. The molecule has 336 valence electrons. The Morgan fingerprint density at radius 3 is 0.905 bits per heavy atom. The van der Waals surface area contributed by atoms with E-state index in [0.29, 0.717) is 0 Å². The van der Waals surface area contributed by atoms with Gasteiger partial charge in [-0.2, -0.15) is 0 Å². The Bertz CT molecular complexity index is 1940. The van der Waals surface area contributed by atoms with Crippen LogP contribution >= 0.6 is 69.6 Å². The molecule has 4 rings (SSSR count). The van der Waals surface area contributed by atoms with Gasteiger partial charge < -0.3 is 45.6 Å². The topological polar surface area (TPSA) is 202 Å². The van der Waals surface area contributed by atoms with E-state index in [9.17, 15) is 28.8 Å². The first kappa shape index (κ1) is 51.9. The van der Waals surface area contributed by atoms with Gasteiger partial charge in [0.2, 0.25) is 17.7 Å². The monoisotopic (exact) mass is 984 g/mol. The summed E-state index contributed by atoms with van der Waals surface area (Å²) >= 11 is 36.7. The van der Waals surface area contributed by atoms with Crippen LogP contribution in [0.3, 0.4) is 0 Å². The van der Waals surface area contributed by atoms with E-state index >= 15 is 0 Å². The molecule has 0 spiro atoms. The van der Waals surface area contributed by atoms with E-state index in [-0.39, 0.29) is 64.6 Å². The second-order valence-corrected chi connectivity index (χ2v) is 18.0. The second-order valence-electron chi connectivity index (χ2n) is 15.4. The molecule has 1 heterocycles. The summed E-state index contributed by atoms with van der Waals surface area (Å²) in [6.07, 6.45) is 0. The van der Waals surface area contributed by atoms with E-state index in [4.69, 9.17) is 83.3 Å². The number of hydrogen-bond acceptors (Lipinski definition) is 9. The number of nitrogens with one attached hydrogen (secondary N) is 6. The molecule has 0 radical (unpaired) electrons. The largest absolute Gasteiger partial charge is 0.453 e. The van der Waals surface area contributed by atoms with Crippen LogP contribution in [-0.4, -0.2) is 94.3 Å². The van der Waals surface area contributed by atoms with Crippen LogP contribution in [0.25, 0.3) is 0 Å². The highest BCUT2D eigenvalue weighted by Crippen LogP contribution is 2.25. The SMILES string of the molecule is CC(C)[C@H](NC(=O)CNC(=O)c1cc(Cl)ccc1Cl)B1OB([C@@H](NC(=O)CNC(=O)c2cc(Cl)ccc2Cl)C(C)C)OB([C@@H](NC(=O)CNC(=O)c2cc(Cl)ccc2Cl)C(C)C)O1. The maximum Gasteiger partial charge on any atom is 0.453 e. The first-order valence-corrected chi connectivity index (χ1v) is 22.0. The Morgan fingerprint density at radius 2 is 0.683 bits per heavy atom. The molecule has 6 N–H and O–H groups in total. The predicted octanol–water partition coefficient (Wildman–Crippen LogP) is 5.76. The number of hydrogen-bond donors (Lipinski definition) is 6. The molecule has 1 saturated heterocycles. The summed E-state index contributed by atoms with van der Waals surface area (Å²) < 4.78 is 19.2. The number of rotatable bonds is 18. The van der Waals surface area contributed by atoms with Gasteiger partial charge in [-0.3, -0.25) is 28.8 Å². The summed E-state index contributed by atoms with van der Waals surface area (Å²) in [6, 6.07) is 13.1. The zero-order valence-electron chi connectivity index (χ0n) is 35.0. The summed E-state index contributed by atoms with van der Waals surface area (Å²) in [5.74, 6) is -7.52. The molecule has 3 atom stereocenters. The standard InChI is InChI=1S/C39H45B3Cl6N6O9/c1-19(2)34(52-31(55)16-49-37(58)25-13-22(43)7-10-28(25)46)40-61-41(35(20(3)4)53-32(56)17-50-38(59)26-14-23(44)8-11-29(26)47)63-42(62-40)36(21(5)6)54-33(57)18-51-39(60)27-15-24(45)9-12-30(27)48/h7-15,19-21,34-36H,16-18H2,1-6H3,(H,49,58)(H,50,59)(H,51,60)(H,52,55)(H,53,56)(H,54,57)/t34-,35-,36-/m0/s1. The molecule has 1 fully saturated rings. The minimum Gasteiger partial charge on any atom is -0.450 e. The van der Waals surface area contributed by atoms with E-state index in [1.807, 2.05) is 0 Å². The Kier molecular flexibility index (Phi) is 19.8. The number of amides is 6. The van der Waals surface area contributed by atoms with Gasteiger partial charge in [-0.25, -0.2) is 0 Å². The van der Waals surface area contributed by atoms with Crippen LogP contribution in [0.1, 0.15) is 72.6 Å². The lowest BCUT2D eigenvalue weighted by molar-refractivity contribution is -0.121. The quantitative estimate of drug-likeness (QED) is 0.0857. The van der Waals surface area contributed by atoms with Crippen molar-refractivity contribution in [2.24, 2.45) is 17.8 Å². The van der Waals surface area contributed by atoms with Gasteiger partial charge in [0.15, 0.2) is 0 Å². The van der Waals surface area contributed by atoms with Crippen LogP contribution in [0.2, 0.25) is 30.1 Å². The van der Waals surface area contributed by atoms with Gasteiger partial charge in [0.1, 0.15) is 0 Å². The van der Waals surface area contributed by atoms with E-state index in [1.54, 1.807) is 41.5 Å². The summed E-state index contributed by atoms with van der Waals surface area (Å²) in [6.45, 7) is 9.41. The predicted molar refractivity (Wildman–Crippen MR) is 247 cm³/mol. The van der Waals surface area contributed by atoms with Gasteiger partial charge in [-0.1, -0.05) is 111 Å². The zero-order chi connectivity index (χ0) is 46.7. The minimum atomic E-state index is -1.26. The Balaban J connectivity index is 1.56. The number of carbonyl (C=O) groups excluding carboxylic acids is 6. The number of benzene rings is 3. The first-order valence-electron chi connectivity index (χ1n) is 19.7. The molecule has 0 aliphatic carbocycles. The van der Waals surface area contributed by atoms with E-state index < -0.39 is 94.3 Å². The van der Waals surface area contributed by atoms with Crippen molar-refractivity contribution in [3.63, 3.8) is 0 Å². The molecule has 0 unspecified atom stereocenters. The Labute approximate surface area is 396 Å². The van der Waals surface area contributed by atoms with Crippen LogP contribution in [-0.2, 0) is 28.1 Å². The molecular formula is C39H45B3Cl6N6O9. The summed E-state index contributed by atoms with van der Waals surface area (Å²) in [5, 5.41) is 17.4. The molecule has 0 saturated carbocycles. The maximum atomic E-state index is 13.4. The molecular weight excluding hydrogens is 942 g/mol. The fourth-order valence-corrected chi connectivity index (χ4v) is 7.27. The van der Waals surface area contributed by atoms with Crippen LogP contribution in [0, 0.1) is 17.8 Å². The summed E-state index contributed by atoms with van der Waals surface area (Å²) in [7, 11) is -3.79. The molecule has 1 aliphatic rings. The molecule has 0 bridgehead atoms. The van der Waals surface area contributed by atoms with E-state index in [2.05, 4.69) is 31.9 Å². The van der Waals surface area contributed by atoms with Gasteiger partial charge in [0, 0.05) is 15.1 Å². The van der Waals surface area contributed by atoms with Crippen molar-refractivity contribution in [3.05, 3.63) is 101 Å². The Morgan fingerprint density at radius 1 is 0.444 bits per heavy atom. The molecule has 0 aromatic heterocycles. The maximum absolute atomic E-state index is 13.4. The third-order valence-electron chi connectivity index (χ3n) is 9.57. The van der Waals surface area contributed by atoms with Gasteiger partial charge in [-0.15, -0.1) is 0 Å². The zero-order valence-corrected chi connectivity index (χ0v) is 39.5. The van der Waals surface area contributed by atoms with Crippen LogP contribution in [0.5, 0.6) is 0 Å². The minimum absolute atomic E-state index is 0.0726. The third-order valence-corrected chi connectivity index (χ3v) is 11.3. The lowest BCUT2D eigenvalue weighted by atomic mass is 9.56. The fourth-order valence-electron chi connectivity index (χ4n) is 6.14. The highest BCUT2D eigenvalue weighted by atomic mass is 35.5. The van der Waals surface area contributed by atoms with Crippen LogP contribution in [0.15, 0.2) is 54.6 Å². The molecule has 3 aromatic carbocycles. The number of halogens is 6. The van der Waals surface area contributed by atoms with Gasteiger partial charge in [0.05, 0.1) is 69.2 Å². The van der Waals surface area contributed by atoms with Crippen LogP contribution in [0.4, 0.5) is 0 Å². The molecule has 3 aromatic rings. The fraction of sp³-hybridized carbons (Fsp3) is 0.385. The van der Waals surface area contributed by atoms with Gasteiger partial charge >= 0.3 is 21.4 Å². The smallest absolute Gasteiger partial charge is 0.450 e. The van der Waals surface area contributed by atoms with Crippen molar-refractivity contribution in [2.75, 3.05) is 19.6 Å². The normalized spacial score (nSPS) is 14.2. The molecule has 6 amide bonds. The molecule has 15 nitrogen and oxygen atoms in total. The van der Waals surface area contributed by atoms with Crippen molar-refractivity contribution in [1.82, 2.24) is 31.9 Å². The second kappa shape index (κ2) is 24.0. The lowest BCUT2D eigenvalue weighted by Crippen LogP contribution is -2.69. The van der Waals surface area contributed by atoms with Crippen molar-refractivity contribution in [3.8, 4) is 0 Å². The van der Waals surface area contributed by atoms with Crippen molar-refractivity contribution in [1.29, 1.82) is 0 Å². The van der Waals surface area contributed by atoms with Crippen molar-refractivity contribution < 1.29 is 42.5 Å². The molecule has 24 heteroatoms. The lowest BCUT2D eigenvalue weighted by Gasteiger charge is -2.42. The third kappa shape index (κ3) is 15.2. The summed E-state index contributed by atoms with van der Waals surface area (Å²) in [4.78, 5) is 79.0.